The summed E-state index contributed by atoms with van der Waals surface area (Å²) in [4.78, 5) is 0. The van der Waals surface area contributed by atoms with Gasteiger partial charge in [0.25, 0.3) is 0 Å². The highest BCUT2D eigenvalue weighted by atomic mass is 16.7. The molecule has 0 N–H and O–H groups in total. The molecule has 1 heterocycles. The zero-order chi connectivity index (χ0) is 14.5. The predicted molar refractivity (Wildman–Crippen MR) is 81.0 cm³/mol. The van der Waals surface area contributed by atoms with Gasteiger partial charge in [0.1, 0.15) is 0 Å². The van der Waals surface area contributed by atoms with Crippen molar-refractivity contribution in [2.75, 3.05) is 0 Å². The molecule has 1 saturated heterocycles. The quantitative estimate of drug-likeness (QED) is 0.654. The van der Waals surface area contributed by atoms with E-state index in [0.717, 1.165) is 18.8 Å². The third-order valence-corrected chi connectivity index (χ3v) is 5.23. The van der Waals surface area contributed by atoms with Gasteiger partial charge < -0.3 is 9.31 Å². The lowest BCUT2D eigenvalue weighted by Crippen LogP contribution is -2.41. The first-order valence-electron chi connectivity index (χ1n) is 7.57. The van der Waals surface area contributed by atoms with Gasteiger partial charge in [0.05, 0.1) is 11.2 Å². The molecule has 1 atom stereocenters. The first kappa shape index (κ1) is 15.1. The van der Waals surface area contributed by atoms with Gasteiger partial charge in [-0.25, -0.2) is 0 Å². The summed E-state index contributed by atoms with van der Waals surface area (Å²) < 4.78 is 12.3. The minimum Gasteiger partial charge on any atom is -0.400 e. The first-order valence-corrected chi connectivity index (χ1v) is 7.57. The summed E-state index contributed by atoms with van der Waals surface area (Å²) in [5.41, 5.74) is 1.30. The Labute approximate surface area is 119 Å². The van der Waals surface area contributed by atoms with Crippen LogP contribution in [0.3, 0.4) is 0 Å². The van der Waals surface area contributed by atoms with E-state index in [4.69, 9.17) is 9.31 Å². The van der Waals surface area contributed by atoms with Crippen molar-refractivity contribution in [2.45, 2.75) is 78.9 Å². The number of hydrogen-bond donors (Lipinski definition) is 0. The minimum atomic E-state index is -0.223. The van der Waals surface area contributed by atoms with Crippen LogP contribution in [0.2, 0.25) is 0 Å². The first-order chi connectivity index (χ1) is 8.53. The maximum Gasteiger partial charge on any atom is 0.490 e. The maximum atomic E-state index is 6.13. The van der Waals surface area contributed by atoms with E-state index in [1.165, 1.54) is 11.9 Å². The third kappa shape index (κ3) is 2.92. The molecule has 0 unspecified atom stereocenters. The second kappa shape index (κ2) is 4.63. The van der Waals surface area contributed by atoms with Crippen molar-refractivity contribution in [1.29, 1.82) is 0 Å². The van der Waals surface area contributed by atoms with E-state index in [1.54, 1.807) is 0 Å². The van der Waals surface area contributed by atoms with Crippen LogP contribution in [0.4, 0.5) is 0 Å². The molecule has 0 saturated carbocycles. The average molecular weight is 264 g/mol. The molecular weight excluding hydrogens is 235 g/mol. The van der Waals surface area contributed by atoms with Gasteiger partial charge in [-0.1, -0.05) is 26.8 Å². The van der Waals surface area contributed by atoms with Gasteiger partial charge in [-0.2, -0.15) is 0 Å². The zero-order valence-corrected chi connectivity index (χ0v) is 13.7. The summed E-state index contributed by atoms with van der Waals surface area (Å²) in [7, 11) is -0.133. The summed E-state index contributed by atoms with van der Waals surface area (Å²) in [6.07, 6.45) is 5.88. The molecule has 0 amide bonds. The highest BCUT2D eigenvalue weighted by Crippen LogP contribution is 2.42. The Bertz CT molecular complexity index is 361. The molecule has 1 fully saturated rings. The molecule has 0 aromatic heterocycles. The van der Waals surface area contributed by atoms with Crippen molar-refractivity contribution in [1.82, 2.24) is 0 Å². The summed E-state index contributed by atoms with van der Waals surface area (Å²) in [5, 5.41) is 0. The molecule has 2 rings (SSSR count). The lowest BCUT2D eigenvalue weighted by molar-refractivity contribution is 0.00578. The summed E-state index contributed by atoms with van der Waals surface area (Å²) in [5.74, 6) is 0.777. The monoisotopic (exact) mass is 264 g/mol. The van der Waals surface area contributed by atoms with Gasteiger partial charge in [-0.05, 0) is 63.8 Å². The van der Waals surface area contributed by atoms with Crippen molar-refractivity contribution in [3.63, 3.8) is 0 Å². The molecule has 0 aromatic carbocycles. The van der Waals surface area contributed by atoms with E-state index in [-0.39, 0.29) is 18.3 Å². The van der Waals surface area contributed by atoms with Crippen molar-refractivity contribution in [3.8, 4) is 0 Å². The van der Waals surface area contributed by atoms with Crippen LogP contribution < -0.4 is 0 Å². The van der Waals surface area contributed by atoms with Crippen molar-refractivity contribution in [3.05, 3.63) is 11.5 Å². The van der Waals surface area contributed by atoms with Gasteiger partial charge in [-0.3, -0.25) is 0 Å². The van der Waals surface area contributed by atoms with Crippen LogP contribution >= 0.6 is 0 Å². The van der Waals surface area contributed by atoms with Gasteiger partial charge in [0.2, 0.25) is 0 Å². The van der Waals surface area contributed by atoms with E-state index >= 15 is 0 Å². The Balaban J connectivity index is 2.05. The second-order valence-electron chi connectivity index (χ2n) is 8.20. The molecular formula is C16H29BO2. The lowest BCUT2D eigenvalue weighted by Gasteiger charge is -2.33. The fourth-order valence-corrected chi connectivity index (χ4v) is 2.85. The van der Waals surface area contributed by atoms with Crippen LogP contribution in [0.15, 0.2) is 11.5 Å². The molecule has 1 aliphatic heterocycles. The molecule has 0 spiro atoms. The third-order valence-electron chi connectivity index (χ3n) is 5.23. The predicted octanol–water partition coefficient (Wildman–Crippen LogP) is 4.39. The molecule has 0 aromatic rings. The Morgan fingerprint density at radius 2 is 1.63 bits per heavy atom. The van der Waals surface area contributed by atoms with E-state index in [1.807, 2.05) is 0 Å². The van der Waals surface area contributed by atoms with Crippen molar-refractivity contribution >= 4 is 7.12 Å². The molecule has 2 nitrogen and oxygen atoms in total. The maximum absolute atomic E-state index is 6.13. The number of allylic oxidation sites excluding steroid dienone is 2. The van der Waals surface area contributed by atoms with E-state index in [0.29, 0.717) is 5.41 Å². The van der Waals surface area contributed by atoms with Crippen molar-refractivity contribution < 1.29 is 9.31 Å². The summed E-state index contributed by atoms with van der Waals surface area (Å²) in [6, 6.07) is 0. The normalized spacial score (nSPS) is 30.4. The zero-order valence-electron chi connectivity index (χ0n) is 13.7. The molecule has 0 radical (unpaired) electrons. The van der Waals surface area contributed by atoms with Crippen molar-refractivity contribution in [2.24, 2.45) is 11.3 Å². The Kier molecular flexibility index (Phi) is 3.68. The molecule has 19 heavy (non-hydrogen) atoms. The van der Waals surface area contributed by atoms with Crippen LogP contribution in [-0.4, -0.2) is 18.3 Å². The highest BCUT2D eigenvalue weighted by molar-refractivity contribution is 6.54. The Hall–Kier alpha value is -0.275. The van der Waals surface area contributed by atoms with Crippen LogP contribution in [0, 0.1) is 11.3 Å². The summed E-state index contributed by atoms with van der Waals surface area (Å²) in [6.45, 7) is 15.5. The van der Waals surface area contributed by atoms with E-state index in [2.05, 4.69) is 54.5 Å². The molecule has 108 valence electrons. The SMILES string of the molecule is CC(C)(C)[C@H]1CC=C(B2OC(C)(C)C(C)(C)O2)CC1. The molecule has 0 bridgehead atoms. The average Bonchev–Trinajstić information content (AvgIpc) is 2.47. The number of hydrogen-bond acceptors (Lipinski definition) is 2. The topological polar surface area (TPSA) is 18.5 Å². The fourth-order valence-electron chi connectivity index (χ4n) is 2.85. The van der Waals surface area contributed by atoms with Crippen LogP contribution in [0.5, 0.6) is 0 Å². The number of rotatable bonds is 1. The van der Waals surface area contributed by atoms with Crippen LogP contribution in [0.1, 0.15) is 67.7 Å². The Morgan fingerprint density at radius 3 is 2.00 bits per heavy atom. The van der Waals surface area contributed by atoms with Crippen LogP contribution in [0.25, 0.3) is 0 Å². The smallest absolute Gasteiger partial charge is 0.400 e. The lowest BCUT2D eigenvalue weighted by atomic mass is 9.66. The Morgan fingerprint density at radius 1 is 1.11 bits per heavy atom. The van der Waals surface area contributed by atoms with E-state index in [9.17, 15) is 0 Å². The second-order valence-corrected chi connectivity index (χ2v) is 8.20. The van der Waals surface area contributed by atoms with Gasteiger partial charge in [0.15, 0.2) is 0 Å². The molecule has 1 aliphatic carbocycles. The highest BCUT2D eigenvalue weighted by Gasteiger charge is 2.52. The van der Waals surface area contributed by atoms with Gasteiger partial charge >= 0.3 is 7.12 Å². The van der Waals surface area contributed by atoms with Gasteiger partial charge in [-0.15, -0.1) is 0 Å². The van der Waals surface area contributed by atoms with Crippen LogP contribution in [-0.2, 0) is 9.31 Å². The standard InChI is InChI=1S/C16H29BO2/c1-14(2,3)12-8-10-13(11-9-12)17-18-15(4,5)16(6,7)19-17/h10,12H,8-9,11H2,1-7H3/t12-/m0/s1. The molecule has 2 aliphatic rings. The van der Waals surface area contributed by atoms with Gasteiger partial charge in [0, 0.05) is 0 Å². The summed E-state index contributed by atoms with van der Waals surface area (Å²) >= 11 is 0. The molecule has 3 heteroatoms. The minimum absolute atomic E-state index is 0.133. The largest absolute Gasteiger partial charge is 0.490 e. The van der Waals surface area contributed by atoms with E-state index < -0.39 is 0 Å². The fraction of sp³-hybridized carbons (Fsp3) is 0.875.